The normalized spacial score (nSPS) is 12.0. The van der Waals surface area contributed by atoms with E-state index in [9.17, 15) is 27.9 Å². The first-order valence-corrected chi connectivity index (χ1v) is 12.0. The van der Waals surface area contributed by atoms with Gasteiger partial charge in [-0.2, -0.15) is 18.3 Å². The van der Waals surface area contributed by atoms with E-state index in [4.69, 9.17) is 5.11 Å². The standard InChI is InChI=1S/C29H28F3N3O4/c1-5-27(37)35(23-10-6-17(2)18(3)13-23)25-15-22(29(30,31)32)9-8-21(25)16-33-34-24-11-7-20(14-26(24)36)12-19(4)28(38)39/h6-16,34,36H,5H2,1-4H3,(H,38,39)/b19-12+,33-16+. The maximum atomic E-state index is 13.6. The number of nitrogens with one attached hydrogen (secondary N) is 1. The van der Waals surface area contributed by atoms with Crippen molar-refractivity contribution in [2.75, 3.05) is 10.3 Å². The quantitative estimate of drug-likeness (QED) is 0.123. The van der Waals surface area contributed by atoms with Crippen LogP contribution in [0.4, 0.5) is 30.2 Å². The van der Waals surface area contributed by atoms with Crippen LogP contribution in [0.5, 0.6) is 5.75 Å². The SMILES string of the molecule is CCC(=O)N(c1ccc(C)c(C)c1)c1cc(C(F)(F)F)ccc1/C=N/Nc1ccc(/C=C(\C)C(=O)O)cc1O. The van der Waals surface area contributed by atoms with Gasteiger partial charge in [-0.05, 0) is 79.9 Å². The third-order valence-corrected chi connectivity index (χ3v) is 6.03. The van der Waals surface area contributed by atoms with Crippen LogP contribution in [0.25, 0.3) is 6.08 Å². The summed E-state index contributed by atoms with van der Waals surface area (Å²) >= 11 is 0. The summed E-state index contributed by atoms with van der Waals surface area (Å²) in [4.78, 5) is 25.3. The molecule has 0 saturated carbocycles. The Bertz CT molecular complexity index is 1460. The van der Waals surface area contributed by atoms with Crippen LogP contribution in [0.15, 0.2) is 65.3 Å². The first-order valence-electron chi connectivity index (χ1n) is 12.0. The van der Waals surface area contributed by atoms with Crippen molar-refractivity contribution in [2.24, 2.45) is 5.10 Å². The van der Waals surface area contributed by atoms with Gasteiger partial charge in [0.2, 0.25) is 5.91 Å². The number of alkyl halides is 3. The molecule has 10 heteroatoms. The summed E-state index contributed by atoms with van der Waals surface area (Å²) in [6.45, 7) is 6.79. The van der Waals surface area contributed by atoms with E-state index in [1.54, 1.807) is 31.2 Å². The lowest BCUT2D eigenvalue weighted by molar-refractivity contribution is -0.137. The van der Waals surface area contributed by atoms with Crippen molar-refractivity contribution in [1.29, 1.82) is 0 Å². The van der Waals surface area contributed by atoms with E-state index < -0.39 is 23.6 Å². The Labute approximate surface area is 223 Å². The summed E-state index contributed by atoms with van der Waals surface area (Å²) in [6, 6.07) is 12.6. The lowest BCUT2D eigenvalue weighted by Crippen LogP contribution is -2.26. The number of anilines is 3. The van der Waals surface area contributed by atoms with Crippen molar-refractivity contribution < 1.29 is 33.0 Å². The van der Waals surface area contributed by atoms with Gasteiger partial charge < -0.3 is 10.2 Å². The minimum Gasteiger partial charge on any atom is -0.506 e. The molecule has 0 aliphatic rings. The molecular formula is C29H28F3N3O4. The van der Waals surface area contributed by atoms with Crippen molar-refractivity contribution in [3.63, 3.8) is 0 Å². The molecule has 3 aromatic carbocycles. The molecule has 0 atom stereocenters. The minimum absolute atomic E-state index is 0.000619. The van der Waals surface area contributed by atoms with Crippen LogP contribution in [-0.4, -0.2) is 28.3 Å². The number of halogens is 3. The molecule has 7 nitrogen and oxygen atoms in total. The van der Waals surface area contributed by atoms with Crippen LogP contribution in [0.1, 0.15) is 48.1 Å². The van der Waals surface area contributed by atoms with E-state index in [0.29, 0.717) is 11.3 Å². The van der Waals surface area contributed by atoms with Gasteiger partial charge in [0.25, 0.3) is 0 Å². The largest absolute Gasteiger partial charge is 0.506 e. The van der Waals surface area contributed by atoms with E-state index in [1.165, 1.54) is 42.3 Å². The minimum atomic E-state index is -4.63. The van der Waals surface area contributed by atoms with Crippen LogP contribution in [0, 0.1) is 13.8 Å². The molecule has 0 spiro atoms. The summed E-state index contributed by atoms with van der Waals surface area (Å²) < 4.78 is 40.9. The van der Waals surface area contributed by atoms with Gasteiger partial charge in [0.1, 0.15) is 5.75 Å². The first-order chi connectivity index (χ1) is 18.3. The summed E-state index contributed by atoms with van der Waals surface area (Å²) in [6.07, 6.45) is -1.94. The second-order valence-electron chi connectivity index (χ2n) is 8.90. The lowest BCUT2D eigenvalue weighted by atomic mass is 10.0. The molecule has 3 aromatic rings. The average molecular weight is 540 g/mol. The number of nitrogens with zero attached hydrogens (tertiary/aromatic N) is 2. The predicted octanol–water partition coefficient (Wildman–Crippen LogP) is 7.04. The van der Waals surface area contributed by atoms with E-state index in [1.807, 2.05) is 13.8 Å². The Balaban J connectivity index is 2.03. The van der Waals surface area contributed by atoms with Gasteiger partial charge >= 0.3 is 12.1 Å². The molecule has 204 valence electrons. The van der Waals surface area contributed by atoms with Crippen molar-refractivity contribution >= 4 is 41.2 Å². The number of phenolic OH excluding ortho intramolecular Hbond substituents is 1. The number of aromatic hydroxyl groups is 1. The molecule has 0 saturated heterocycles. The third kappa shape index (κ3) is 7.04. The Morgan fingerprint density at radius 1 is 1.03 bits per heavy atom. The molecular weight excluding hydrogens is 511 g/mol. The van der Waals surface area contributed by atoms with Crippen LogP contribution in [0.2, 0.25) is 0 Å². The summed E-state index contributed by atoms with van der Waals surface area (Å²) in [5.41, 5.74) is 4.92. The highest BCUT2D eigenvalue weighted by Crippen LogP contribution is 2.36. The highest BCUT2D eigenvalue weighted by Gasteiger charge is 2.32. The third-order valence-electron chi connectivity index (χ3n) is 6.03. The number of hydrogen-bond acceptors (Lipinski definition) is 5. The first kappa shape index (κ1) is 29.0. The van der Waals surface area contributed by atoms with Crippen LogP contribution in [-0.2, 0) is 15.8 Å². The van der Waals surface area contributed by atoms with E-state index in [2.05, 4.69) is 10.5 Å². The van der Waals surface area contributed by atoms with Crippen LogP contribution < -0.4 is 10.3 Å². The highest BCUT2D eigenvalue weighted by atomic mass is 19.4. The molecule has 39 heavy (non-hydrogen) atoms. The second kappa shape index (κ2) is 11.8. The van der Waals surface area contributed by atoms with Gasteiger partial charge in [0.05, 0.1) is 23.2 Å². The molecule has 0 bridgehead atoms. The zero-order valence-corrected chi connectivity index (χ0v) is 21.8. The summed E-state index contributed by atoms with van der Waals surface area (Å²) in [5, 5.41) is 23.4. The fourth-order valence-electron chi connectivity index (χ4n) is 3.68. The fraction of sp³-hybridized carbons (Fsp3) is 0.207. The molecule has 0 heterocycles. The van der Waals surface area contributed by atoms with Gasteiger partial charge in [0.15, 0.2) is 0 Å². The number of carbonyl (C=O) groups excluding carboxylic acids is 1. The smallest absolute Gasteiger partial charge is 0.416 e. The van der Waals surface area contributed by atoms with Gasteiger partial charge in [0, 0.05) is 23.2 Å². The van der Waals surface area contributed by atoms with Crippen molar-refractivity contribution in [2.45, 2.75) is 40.3 Å². The number of amides is 1. The molecule has 0 radical (unpaired) electrons. The number of carboxylic acids is 1. The molecule has 0 aliphatic carbocycles. The topological polar surface area (TPSA) is 102 Å². The number of carboxylic acid groups (broad SMARTS) is 1. The summed E-state index contributed by atoms with van der Waals surface area (Å²) in [5.74, 6) is -1.71. The number of aliphatic carboxylic acids is 1. The fourth-order valence-corrected chi connectivity index (χ4v) is 3.68. The lowest BCUT2D eigenvalue weighted by Gasteiger charge is -2.26. The molecule has 1 amide bonds. The van der Waals surface area contributed by atoms with E-state index in [0.717, 1.165) is 23.3 Å². The molecule has 0 aromatic heterocycles. The van der Waals surface area contributed by atoms with Gasteiger partial charge in [-0.15, -0.1) is 0 Å². The molecule has 0 fully saturated rings. The molecule has 3 rings (SSSR count). The predicted molar refractivity (Wildman–Crippen MR) is 145 cm³/mol. The zero-order valence-electron chi connectivity index (χ0n) is 21.8. The number of aryl methyl sites for hydroxylation is 2. The number of hydrogen-bond donors (Lipinski definition) is 3. The average Bonchev–Trinajstić information content (AvgIpc) is 2.87. The van der Waals surface area contributed by atoms with Crippen LogP contribution in [0.3, 0.4) is 0 Å². The molecule has 0 aliphatic heterocycles. The van der Waals surface area contributed by atoms with Gasteiger partial charge in [-0.25, -0.2) is 4.79 Å². The number of phenols is 1. The van der Waals surface area contributed by atoms with E-state index in [-0.39, 0.29) is 34.7 Å². The number of benzene rings is 3. The van der Waals surface area contributed by atoms with Gasteiger partial charge in [-0.3, -0.25) is 15.1 Å². The Hall–Kier alpha value is -4.60. The van der Waals surface area contributed by atoms with E-state index >= 15 is 0 Å². The second-order valence-corrected chi connectivity index (χ2v) is 8.90. The molecule has 3 N–H and O–H groups in total. The van der Waals surface area contributed by atoms with Crippen molar-refractivity contribution in [3.8, 4) is 5.75 Å². The Morgan fingerprint density at radius 3 is 2.33 bits per heavy atom. The summed E-state index contributed by atoms with van der Waals surface area (Å²) in [7, 11) is 0. The zero-order chi connectivity index (χ0) is 28.9. The van der Waals surface area contributed by atoms with Crippen molar-refractivity contribution in [3.05, 3.63) is 88.0 Å². The van der Waals surface area contributed by atoms with Crippen LogP contribution >= 0.6 is 0 Å². The maximum absolute atomic E-state index is 13.6. The van der Waals surface area contributed by atoms with Crippen molar-refractivity contribution in [1.82, 2.24) is 0 Å². The highest BCUT2D eigenvalue weighted by molar-refractivity contribution is 6.05. The molecule has 0 unspecified atom stereocenters. The maximum Gasteiger partial charge on any atom is 0.416 e. The number of rotatable bonds is 8. The Morgan fingerprint density at radius 2 is 1.74 bits per heavy atom. The number of hydrazone groups is 1. The van der Waals surface area contributed by atoms with Gasteiger partial charge in [-0.1, -0.05) is 25.1 Å². The number of carbonyl (C=O) groups is 2. The Kier molecular flexibility index (Phi) is 8.80. The monoisotopic (exact) mass is 539 g/mol.